The number of alkyl halides is 3. The van der Waals surface area contributed by atoms with Crippen molar-refractivity contribution in [1.29, 1.82) is 0 Å². The smallest absolute Gasteiger partial charge is 0.353 e. The number of pyridine rings is 1. The lowest BCUT2D eigenvalue weighted by Gasteiger charge is -2.32. The summed E-state index contributed by atoms with van der Waals surface area (Å²) in [5, 5.41) is 5.75. The molecular formula is C25H29F3N4O2. The summed E-state index contributed by atoms with van der Waals surface area (Å²) in [5.74, 6) is -0.638. The van der Waals surface area contributed by atoms with E-state index >= 15 is 0 Å². The van der Waals surface area contributed by atoms with Gasteiger partial charge in [0.25, 0.3) is 5.91 Å². The van der Waals surface area contributed by atoms with Gasteiger partial charge in [-0.25, -0.2) is 0 Å². The van der Waals surface area contributed by atoms with E-state index in [1.165, 1.54) is 18.9 Å². The summed E-state index contributed by atoms with van der Waals surface area (Å²) in [6.45, 7) is 2.23. The predicted octanol–water partition coefficient (Wildman–Crippen LogP) is 4.62. The van der Waals surface area contributed by atoms with Crippen LogP contribution in [-0.4, -0.2) is 40.8 Å². The fraction of sp³-hybridized carbons (Fsp3) is 0.480. The van der Waals surface area contributed by atoms with Crippen LogP contribution in [-0.2, 0) is 17.5 Å². The molecule has 1 saturated heterocycles. The van der Waals surface area contributed by atoms with Gasteiger partial charge in [-0.15, -0.1) is 0 Å². The zero-order valence-electron chi connectivity index (χ0n) is 18.9. The van der Waals surface area contributed by atoms with Crippen LogP contribution in [0.25, 0.3) is 0 Å². The summed E-state index contributed by atoms with van der Waals surface area (Å²) in [4.78, 5) is 30.6. The summed E-state index contributed by atoms with van der Waals surface area (Å²) in [6.07, 6.45) is 2.44. The van der Waals surface area contributed by atoms with Crippen molar-refractivity contribution in [1.82, 2.24) is 15.2 Å². The topological polar surface area (TPSA) is 74.3 Å². The number of hydrogen-bond donors (Lipinski definition) is 2. The molecule has 0 radical (unpaired) electrons. The maximum absolute atomic E-state index is 13.2. The van der Waals surface area contributed by atoms with Crippen molar-refractivity contribution in [3.05, 3.63) is 59.4 Å². The third-order valence-electron chi connectivity index (χ3n) is 6.57. The molecule has 2 aromatic rings. The number of benzene rings is 1. The van der Waals surface area contributed by atoms with E-state index < -0.39 is 23.3 Å². The van der Waals surface area contributed by atoms with Gasteiger partial charge in [0.15, 0.2) is 5.69 Å². The quantitative estimate of drug-likeness (QED) is 0.641. The van der Waals surface area contributed by atoms with Gasteiger partial charge in [0.05, 0.1) is 5.56 Å². The van der Waals surface area contributed by atoms with Gasteiger partial charge < -0.3 is 10.6 Å². The Hall–Kier alpha value is -2.94. The summed E-state index contributed by atoms with van der Waals surface area (Å²) < 4.78 is 39.5. The first kappa shape index (κ1) is 24.2. The van der Waals surface area contributed by atoms with Crippen LogP contribution in [0.2, 0.25) is 0 Å². The van der Waals surface area contributed by atoms with Crippen molar-refractivity contribution in [2.75, 3.05) is 18.4 Å². The summed E-state index contributed by atoms with van der Waals surface area (Å²) >= 11 is 0. The molecule has 2 N–H and O–H groups in total. The fourth-order valence-electron chi connectivity index (χ4n) is 4.76. The summed E-state index contributed by atoms with van der Waals surface area (Å²) in [5.41, 5.74) is -0.360. The second kappa shape index (κ2) is 10.5. The lowest BCUT2D eigenvalue weighted by atomic mass is 9.95. The number of anilines is 1. The largest absolute Gasteiger partial charge is 0.434 e. The molecule has 0 bridgehead atoms. The standard InChI is InChI=1S/C25H29F3N4O2/c26-25(27,28)22-21(9-4-12-29-22)24(34)31-20-8-3-5-17(15-20)16-32-13-10-18(11-14-32)23(33)30-19-6-1-2-7-19/h3-5,8-9,12,15,18-19H,1-2,6-7,10-11,13-14,16H2,(H,30,33)(H,31,34). The molecule has 1 aromatic heterocycles. The van der Waals surface area contributed by atoms with Crippen molar-refractivity contribution >= 4 is 17.5 Å². The van der Waals surface area contributed by atoms with Gasteiger partial charge in [-0.1, -0.05) is 25.0 Å². The first-order chi connectivity index (χ1) is 16.3. The monoisotopic (exact) mass is 474 g/mol. The number of amides is 2. The molecule has 182 valence electrons. The van der Waals surface area contributed by atoms with Gasteiger partial charge in [-0.3, -0.25) is 19.5 Å². The highest BCUT2D eigenvalue weighted by atomic mass is 19.4. The van der Waals surface area contributed by atoms with Crippen LogP contribution in [0.5, 0.6) is 0 Å². The molecule has 2 aliphatic rings. The Bertz CT molecular complexity index is 1010. The average molecular weight is 475 g/mol. The van der Waals surface area contributed by atoms with Gasteiger partial charge >= 0.3 is 6.18 Å². The number of piperidine rings is 1. The van der Waals surface area contributed by atoms with Crippen molar-refractivity contribution in [3.8, 4) is 0 Å². The molecule has 0 atom stereocenters. The van der Waals surface area contributed by atoms with Gasteiger partial charge in [0, 0.05) is 30.4 Å². The predicted molar refractivity (Wildman–Crippen MR) is 122 cm³/mol. The van der Waals surface area contributed by atoms with Gasteiger partial charge in [0.2, 0.25) is 5.91 Å². The molecule has 1 aliphatic heterocycles. The van der Waals surface area contributed by atoms with Crippen LogP contribution in [0, 0.1) is 5.92 Å². The summed E-state index contributed by atoms with van der Waals surface area (Å²) in [7, 11) is 0. The van der Waals surface area contributed by atoms with Crippen molar-refractivity contribution < 1.29 is 22.8 Å². The second-order valence-corrected chi connectivity index (χ2v) is 9.09. The second-order valence-electron chi connectivity index (χ2n) is 9.09. The van der Waals surface area contributed by atoms with E-state index in [0.717, 1.165) is 56.6 Å². The van der Waals surface area contributed by atoms with Crippen LogP contribution >= 0.6 is 0 Å². The number of aromatic nitrogens is 1. The molecule has 1 aromatic carbocycles. The number of carbonyl (C=O) groups is 2. The van der Waals surface area contributed by atoms with Crippen LogP contribution < -0.4 is 10.6 Å². The number of nitrogens with zero attached hydrogens (tertiary/aromatic N) is 2. The van der Waals surface area contributed by atoms with E-state index in [-0.39, 0.29) is 11.8 Å². The van der Waals surface area contributed by atoms with Gasteiger partial charge in [-0.05, 0) is 68.6 Å². The minimum absolute atomic E-state index is 0.0461. The fourth-order valence-corrected chi connectivity index (χ4v) is 4.76. The third kappa shape index (κ3) is 6.14. The first-order valence-corrected chi connectivity index (χ1v) is 11.7. The Balaban J connectivity index is 1.31. The molecule has 1 aliphatic carbocycles. The molecular weight excluding hydrogens is 445 g/mol. The number of likely N-dealkylation sites (tertiary alicyclic amines) is 1. The van der Waals surface area contributed by atoms with E-state index in [4.69, 9.17) is 0 Å². The van der Waals surface area contributed by atoms with Crippen LogP contribution in [0.4, 0.5) is 18.9 Å². The molecule has 0 unspecified atom stereocenters. The lowest BCUT2D eigenvalue weighted by molar-refractivity contribution is -0.141. The van der Waals surface area contributed by atoms with Crippen LogP contribution in [0.1, 0.15) is 60.1 Å². The maximum Gasteiger partial charge on any atom is 0.434 e. The number of halogens is 3. The minimum Gasteiger partial charge on any atom is -0.353 e. The highest BCUT2D eigenvalue weighted by Gasteiger charge is 2.37. The van der Waals surface area contributed by atoms with Gasteiger partial charge in [-0.2, -0.15) is 13.2 Å². The first-order valence-electron chi connectivity index (χ1n) is 11.7. The SMILES string of the molecule is O=C(Nc1cccc(CN2CCC(C(=O)NC3CCCC3)CC2)c1)c1cccnc1C(F)(F)F. The highest BCUT2D eigenvalue weighted by Crippen LogP contribution is 2.30. The molecule has 34 heavy (non-hydrogen) atoms. The Kier molecular flexibility index (Phi) is 7.50. The Morgan fingerprint density at radius 1 is 1.03 bits per heavy atom. The van der Waals surface area contributed by atoms with Gasteiger partial charge in [0.1, 0.15) is 0 Å². The normalized spacial score (nSPS) is 18.1. The van der Waals surface area contributed by atoms with Crippen LogP contribution in [0.15, 0.2) is 42.6 Å². The van der Waals surface area contributed by atoms with Crippen molar-refractivity contribution in [2.45, 2.75) is 57.3 Å². The number of nitrogens with one attached hydrogen (secondary N) is 2. The molecule has 6 nitrogen and oxygen atoms in total. The molecule has 2 heterocycles. The lowest BCUT2D eigenvalue weighted by Crippen LogP contribution is -2.43. The Labute approximate surface area is 196 Å². The number of carbonyl (C=O) groups excluding carboxylic acids is 2. The molecule has 9 heteroatoms. The maximum atomic E-state index is 13.2. The van der Waals surface area contributed by atoms with E-state index in [0.29, 0.717) is 18.3 Å². The Morgan fingerprint density at radius 3 is 2.47 bits per heavy atom. The zero-order chi connectivity index (χ0) is 24.1. The molecule has 0 spiro atoms. The molecule has 4 rings (SSSR count). The van der Waals surface area contributed by atoms with E-state index in [9.17, 15) is 22.8 Å². The van der Waals surface area contributed by atoms with E-state index in [2.05, 4.69) is 20.5 Å². The van der Waals surface area contributed by atoms with E-state index in [1.54, 1.807) is 18.2 Å². The average Bonchev–Trinajstić information content (AvgIpc) is 3.32. The highest BCUT2D eigenvalue weighted by molar-refractivity contribution is 6.05. The number of hydrogen-bond acceptors (Lipinski definition) is 4. The summed E-state index contributed by atoms with van der Waals surface area (Å²) in [6, 6.07) is 9.84. The molecule has 2 fully saturated rings. The van der Waals surface area contributed by atoms with Crippen molar-refractivity contribution in [3.63, 3.8) is 0 Å². The molecule has 2 amide bonds. The Morgan fingerprint density at radius 2 is 1.76 bits per heavy atom. The minimum atomic E-state index is -4.71. The van der Waals surface area contributed by atoms with E-state index in [1.807, 2.05) is 6.07 Å². The third-order valence-corrected chi connectivity index (χ3v) is 6.57. The zero-order valence-corrected chi connectivity index (χ0v) is 18.9. The number of rotatable bonds is 6. The van der Waals surface area contributed by atoms with Crippen LogP contribution in [0.3, 0.4) is 0 Å². The van der Waals surface area contributed by atoms with Crippen molar-refractivity contribution in [2.24, 2.45) is 5.92 Å². The molecule has 1 saturated carbocycles.